The molecule has 0 aromatic heterocycles. The quantitative estimate of drug-likeness (QED) is 0.593. The molecule has 0 unspecified atom stereocenters. The Morgan fingerprint density at radius 1 is 0.952 bits per heavy atom. The van der Waals surface area contributed by atoms with Gasteiger partial charge >= 0.3 is 0 Å². The van der Waals surface area contributed by atoms with Gasteiger partial charge in [0.25, 0.3) is 5.69 Å². The first kappa shape index (κ1) is 13.3. The van der Waals surface area contributed by atoms with Gasteiger partial charge in [0.1, 0.15) is 0 Å². The van der Waals surface area contributed by atoms with Gasteiger partial charge < -0.3 is 0 Å². The first-order valence-corrected chi connectivity index (χ1v) is 6.95. The van der Waals surface area contributed by atoms with Crippen molar-refractivity contribution in [2.24, 2.45) is 0 Å². The summed E-state index contributed by atoms with van der Waals surface area (Å²) in [5.74, 6) is 0. The molecule has 0 saturated carbocycles. The van der Waals surface area contributed by atoms with E-state index in [9.17, 15) is 15.4 Å². The molecule has 0 N–H and O–H groups in total. The van der Waals surface area contributed by atoms with Crippen molar-refractivity contribution >= 4 is 5.69 Å². The summed E-state index contributed by atoms with van der Waals surface area (Å²) in [5.41, 5.74) is 4.64. The van der Waals surface area contributed by atoms with Crippen LogP contribution in [0.4, 0.5) is 5.69 Å². The SMILES string of the molecule is N#Cc1cc2ccc1CCc1ccc(cc1[N+](=O)[O-])CC2. The van der Waals surface area contributed by atoms with Crippen molar-refractivity contribution in [3.63, 3.8) is 0 Å². The van der Waals surface area contributed by atoms with Crippen molar-refractivity contribution in [1.29, 1.82) is 5.26 Å². The van der Waals surface area contributed by atoms with Crippen molar-refractivity contribution in [1.82, 2.24) is 0 Å². The first-order chi connectivity index (χ1) is 10.2. The van der Waals surface area contributed by atoms with Gasteiger partial charge in [-0.3, -0.25) is 10.1 Å². The highest BCUT2D eigenvalue weighted by atomic mass is 16.6. The lowest BCUT2D eigenvalue weighted by molar-refractivity contribution is -0.385. The van der Waals surface area contributed by atoms with Gasteiger partial charge in [0, 0.05) is 11.6 Å². The Labute approximate surface area is 122 Å². The highest BCUT2D eigenvalue weighted by Gasteiger charge is 2.16. The molecule has 0 aliphatic heterocycles. The summed E-state index contributed by atoms with van der Waals surface area (Å²) in [5, 5.41) is 20.5. The number of rotatable bonds is 1. The molecule has 4 aliphatic carbocycles. The molecule has 0 heterocycles. The summed E-state index contributed by atoms with van der Waals surface area (Å²) < 4.78 is 0. The smallest absolute Gasteiger partial charge is 0.258 e. The summed E-state index contributed by atoms with van der Waals surface area (Å²) in [7, 11) is 0. The number of nitriles is 1. The zero-order chi connectivity index (χ0) is 14.8. The van der Waals surface area contributed by atoms with Gasteiger partial charge in [-0.2, -0.15) is 5.26 Å². The molecule has 0 spiro atoms. The fourth-order valence-electron chi connectivity index (χ4n) is 2.81. The Kier molecular flexibility index (Phi) is 3.41. The lowest BCUT2D eigenvalue weighted by atomic mass is 9.93. The molecule has 0 saturated heterocycles. The van der Waals surface area contributed by atoms with E-state index in [-0.39, 0.29) is 10.6 Å². The second kappa shape index (κ2) is 5.37. The molecule has 0 amide bonds. The average molecular weight is 278 g/mol. The molecule has 2 aromatic carbocycles. The molecule has 4 aliphatic rings. The van der Waals surface area contributed by atoms with Crippen LogP contribution in [0.25, 0.3) is 0 Å². The Bertz CT molecular complexity index is 760. The van der Waals surface area contributed by atoms with Crippen molar-refractivity contribution in [2.45, 2.75) is 25.7 Å². The highest BCUT2D eigenvalue weighted by molar-refractivity contribution is 5.46. The van der Waals surface area contributed by atoms with Gasteiger partial charge in [-0.05, 0) is 48.4 Å². The van der Waals surface area contributed by atoms with Crippen molar-refractivity contribution in [3.05, 3.63) is 74.3 Å². The zero-order valence-corrected chi connectivity index (χ0v) is 11.5. The van der Waals surface area contributed by atoms with Crippen molar-refractivity contribution in [3.8, 4) is 6.07 Å². The van der Waals surface area contributed by atoms with Crippen molar-refractivity contribution in [2.75, 3.05) is 0 Å². The van der Waals surface area contributed by atoms with Gasteiger partial charge in [0.2, 0.25) is 0 Å². The van der Waals surface area contributed by atoms with E-state index in [0.717, 1.165) is 35.1 Å². The third-order valence-corrected chi connectivity index (χ3v) is 4.01. The van der Waals surface area contributed by atoms with Crippen LogP contribution >= 0.6 is 0 Å². The largest absolute Gasteiger partial charge is 0.272 e. The molecular weight excluding hydrogens is 264 g/mol. The van der Waals surface area contributed by atoms with E-state index in [1.807, 2.05) is 24.3 Å². The monoisotopic (exact) mass is 278 g/mol. The van der Waals surface area contributed by atoms with E-state index >= 15 is 0 Å². The number of nitrogens with zero attached hydrogens (tertiary/aromatic N) is 2. The average Bonchev–Trinajstić information content (AvgIpc) is 2.49. The third-order valence-electron chi connectivity index (χ3n) is 4.01. The minimum absolute atomic E-state index is 0.195. The normalized spacial score (nSPS) is 13.3. The first-order valence-electron chi connectivity index (χ1n) is 6.95. The maximum absolute atomic E-state index is 11.2. The van der Waals surface area contributed by atoms with E-state index < -0.39 is 0 Å². The lowest BCUT2D eigenvalue weighted by Crippen LogP contribution is -2.03. The van der Waals surface area contributed by atoms with Gasteiger partial charge in [-0.15, -0.1) is 0 Å². The Morgan fingerprint density at radius 2 is 1.57 bits per heavy atom. The van der Waals surface area contributed by atoms with Crippen LogP contribution in [-0.4, -0.2) is 4.92 Å². The number of aryl methyl sites for hydroxylation is 4. The minimum Gasteiger partial charge on any atom is -0.258 e. The van der Waals surface area contributed by atoms with E-state index in [0.29, 0.717) is 18.4 Å². The van der Waals surface area contributed by atoms with E-state index in [4.69, 9.17) is 0 Å². The topological polar surface area (TPSA) is 66.9 Å². The van der Waals surface area contributed by atoms with Crippen LogP contribution in [0, 0.1) is 21.4 Å². The number of hydrogen-bond acceptors (Lipinski definition) is 3. The number of benzene rings is 2. The van der Waals surface area contributed by atoms with E-state index in [2.05, 4.69) is 12.1 Å². The van der Waals surface area contributed by atoms with Crippen LogP contribution in [0.15, 0.2) is 36.4 Å². The molecule has 2 aromatic rings. The Morgan fingerprint density at radius 3 is 2.24 bits per heavy atom. The van der Waals surface area contributed by atoms with Crippen LogP contribution in [0.2, 0.25) is 0 Å². The van der Waals surface area contributed by atoms with Gasteiger partial charge in [-0.1, -0.05) is 24.3 Å². The zero-order valence-electron chi connectivity index (χ0n) is 11.5. The molecule has 4 heteroatoms. The van der Waals surface area contributed by atoms with E-state index in [1.165, 1.54) is 0 Å². The Hall–Kier alpha value is -2.67. The van der Waals surface area contributed by atoms with Crippen LogP contribution in [0.3, 0.4) is 0 Å². The van der Waals surface area contributed by atoms with Crippen molar-refractivity contribution < 1.29 is 4.92 Å². The van der Waals surface area contributed by atoms with Gasteiger partial charge in [-0.25, -0.2) is 0 Å². The molecule has 104 valence electrons. The molecule has 6 rings (SSSR count). The Balaban J connectivity index is 2.08. The van der Waals surface area contributed by atoms with Crippen LogP contribution < -0.4 is 0 Å². The summed E-state index contributed by atoms with van der Waals surface area (Å²) >= 11 is 0. The lowest BCUT2D eigenvalue weighted by Gasteiger charge is -2.11. The number of hydrogen-bond donors (Lipinski definition) is 0. The van der Waals surface area contributed by atoms with Crippen LogP contribution in [0.1, 0.15) is 27.8 Å². The van der Waals surface area contributed by atoms with Crippen LogP contribution in [0.5, 0.6) is 0 Å². The van der Waals surface area contributed by atoms with Crippen LogP contribution in [-0.2, 0) is 25.7 Å². The van der Waals surface area contributed by atoms with Gasteiger partial charge in [0.15, 0.2) is 0 Å². The summed E-state index contributed by atoms with van der Waals surface area (Å²) in [4.78, 5) is 10.9. The third kappa shape index (κ3) is 2.63. The predicted octanol–water partition coefficient (Wildman–Crippen LogP) is 3.35. The molecule has 4 bridgehead atoms. The summed E-state index contributed by atoms with van der Waals surface area (Å²) in [6, 6.07) is 13.7. The molecule has 0 atom stereocenters. The highest BCUT2D eigenvalue weighted by Crippen LogP contribution is 2.25. The molecular formula is C17H14N2O2. The number of nitro benzene ring substituents is 1. The minimum atomic E-state index is -0.308. The molecule has 0 radical (unpaired) electrons. The standard InChI is InChI=1S/C17H14N2O2/c18-11-16-9-12-1-2-13-4-6-15(17(10-13)19(20)21)8-7-14(16)5-3-12/h3-6,9-10H,1-2,7-8H2. The van der Waals surface area contributed by atoms with Gasteiger partial charge in [0.05, 0.1) is 16.6 Å². The molecule has 4 nitrogen and oxygen atoms in total. The molecule has 21 heavy (non-hydrogen) atoms. The molecule has 0 fully saturated rings. The fourth-order valence-corrected chi connectivity index (χ4v) is 2.81. The number of nitro groups is 1. The predicted molar refractivity (Wildman–Crippen MR) is 79.1 cm³/mol. The maximum Gasteiger partial charge on any atom is 0.272 e. The summed E-state index contributed by atoms with van der Waals surface area (Å²) in [6.07, 6.45) is 2.74. The van der Waals surface area contributed by atoms with E-state index in [1.54, 1.807) is 6.07 Å². The fraction of sp³-hybridized carbons (Fsp3) is 0.235. The summed E-state index contributed by atoms with van der Waals surface area (Å²) in [6.45, 7) is 0. The second-order valence-electron chi connectivity index (χ2n) is 5.32. The maximum atomic E-state index is 11.2. The second-order valence-corrected chi connectivity index (χ2v) is 5.32.